The molecule has 0 bridgehead atoms. The van der Waals surface area contributed by atoms with Crippen LogP contribution in [0.5, 0.6) is 17.2 Å². The van der Waals surface area contributed by atoms with Crippen LogP contribution in [-0.4, -0.2) is 16.9 Å². The van der Waals surface area contributed by atoms with E-state index in [2.05, 4.69) is 0 Å². The quantitative estimate of drug-likeness (QED) is 0.414. The molecule has 0 saturated heterocycles. The van der Waals surface area contributed by atoms with E-state index >= 15 is 0 Å². The van der Waals surface area contributed by atoms with E-state index in [0.717, 1.165) is 5.56 Å². The third-order valence-corrected chi connectivity index (χ3v) is 4.87. The van der Waals surface area contributed by atoms with Crippen LogP contribution in [0.1, 0.15) is 39.6 Å². The van der Waals surface area contributed by atoms with Gasteiger partial charge in [-0.25, -0.2) is 0 Å². The van der Waals surface area contributed by atoms with Crippen LogP contribution in [0.4, 0.5) is 0 Å². The fourth-order valence-corrected chi connectivity index (χ4v) is 3.63. The van der Waals surface area contributed by atoms with Crippen molar-refractivity contribution >= 4 is 17.8 Å². The van der Waals surface area contributed by atoms with Gasteiger partial charge < -0.3 is 19.0 Å². The number of fused-ring (bicyclic) bond motifs is 3. The second kappa shape index (κ2) is 6.13. The molecule has 0 radical (unpaired) electrons. The number of ketones is 1. The number of phenolic OH excluding ortho intramolecular Hbond substituents is 1. The van der Waals surface area contributed by atoms with Crippen molar-refractivity contribution in [2.24, 2.45) is 0 Å². The summed E-state index contributed by atoms with van der Waals surface area (Å²) in [6.45, 7) is 0. The topological polar surface area (TPSA) is 86.0 Å². The van der Waals surface area contributed by atoms with E-state index in [4.69, 9.17) is 13.9 Å². The molecule has 0 aliphatic carbocycles. The van der Waals surface area contributed by atoms with E-state index in [1.807, 2.05) is 6.07 Å². The van der Waals surface area contributed by atoms with Gasteiger partial charge in [-0.05, 0) is 42.0 Å². The van der Waals surface area contributed by atoms with Gasteiger partial charge in [-0.1, -0.05) is 12.1 Å². The largest absolute Gasteiger partial charge is 0.508 e. The summed E-state index contributed by atoms with van der Waals surface area (Å²) in [6, 6.07) is 13.3. The summed E-state index contributed by atoms with van der Waals surface area (Å²) >= 11 is 0. The Balaban J connectivity index is 1.65. The summed E-state index contributed by atoms with van der Waals surface area (Å²) in [4.78, 5) is 24.9. The monoisotopic (exact) mass is 374 g/mol. The van der Waals surface area contributed by atoms with Gasteiger partial charge in [0.1, 0.15) is 23.0 Å². The van der Waals surface area contributed by atoms with Crippen LogP contribution in [0.15, 0.2) is 65.0 Å². The molecule has 3 heterocycles. The number of Topliss-reactive ketones (excluding diaryl/α,β-unsaturated/α-hetero) is 1. The molecular weight excluding hydrogens is 360 g/mol. The van der Waals surface area contributed by atoms with Crippen LogP contribution in [0, 0.1) is 0 Å². The Morgan fingerprint density at radius 2 is 1.93 bits per heavy atom. The molecule has 2 aliphatic rings. The summed E-state index contributed by atoms with van der Waals surface area (Å²) in [6.07, 6.45) is 3.13. The lowest BCUT2D eigenvalue weighted by Crippen LogP contribution is -2.21. The van der Waals surface area contributed by atoms with E-state index in [9.17, 15) is 14.7 Å². The number of allylic oxidation sites excluding steroid dienone is 1. The predicted molar refractivity (Wildman–Crippen MR) is 98.3 cm³/mol. The molecule has 3 aromatic rings. The maximum Gasteiger partial charge on any atom is 0.312 e. The van der Waals surface area contributed by atoms with Gasteiger partial charge in [-0.3, -0.25) is 9.59 Å². The van der Waals surface area contributed by atoms with Gasteiger partial charge in [0.05, 0.1) is 18.2 Å². The zero-order chi connectivity index (χ0) is 19.3. The number of furan rings is 1. The number of esters is 1. The highest BCUT2D eigenvalue weighted by Crippen LogP contribution is 2.49. The number of ether oxygens (including phenoxy) is 2. The molecule has 6 nitrogen and oxygen atoms in total. The Hall–Kier alpha value is -3.80. The van der Waals surface area contributed by atoms with Crippen molar-refractivity contribution < 1.29 is 28.6 Å². The molecule has 2 aliphatic heterocycles. The number of rotatable bonds is 2. The van der Waals surface area contributed by atoms with Gasteiger partial charge in [-0.2, -0.15) is 0 Å². The summed E-state index contributed by atoms with van der Waals surface area (Å²) in [5.74, 6) is 0.440. The smallest absolute Gasteiger partial charge is 0.312 e. The average Bonchev–Trinajstić information content (AvgIpc) is 3.30. The first-order chi connectivity index (χ1) is 13.6. The van der Waals surface area contributed by atoms with Gasteiger partial charge in [0.15, 0.2) is 5.76 Å². The van der Waals surface area contributed by atoms with Gasteiger partial charge in [0.2, 0.25) is 5.78 Å². The highest BCUT2D eigenvalue weighted by atomic mass is 16.5. The SMILES string of the molecule is O=C1CC(c2cccc(O)c2)c2c(ccc3c2O/C(=C\c2ccco2)C3=O)O1. The molecule has 1 unspecified atom stereocenters. The Morgan fingerprint density at radius 3 is 2.71 bits per heavy atom. The molecule has 1 aromatic heterocycles. The Kier molecular flexibility index (Phi) is 3.58. The molecule has 0 amide bonds. The fourth-order valence-electron chi connectivity index (χ4n) is 3.63. The van der Waals surface area contributed by atoms with Crippen LogP contribution < -0.4 is 9.47 Å². The Morgan fingerprint density at radius 1 is 1.04 bits per heavy atom. The number of phenols is 1. The summed E-state index contributed by atoms with van der Waals surface area (Å²) < 4.78 is 16.6. The molecule has 0 saturated carbocycles. The molecule has 0 spiro atoms. The molecular formula is C22H14O6. The van der Waals surface area contributed by atoms with Crippen LogP contribution in [-0.2, 0) is 4.79 Å². The van der Waals surface area contributed by atoms with Crippen molar-refractivity contribution in [3.8, 4) is 17.2 Å². The van der Waals surface area contributed by atoms with E-state index in [1.54, 1.807) is 42.5 Å². The Bertz CT molecular complexity index is 1140. The minimum atomic E-state index is -0.394. The Labute approximate surface area is 159 Å². The standard InChI is InChI=1S/C22H14O6/c23-13-4-1-3-12(9-13)16-11-19(24)27-17-7-6-15-21(25)18(28-22(15)20(16)17)10-14-5-2-8-26-14/h1-10,16,23H,11H2/b18-10-. The van der Waals surface area contributed by atoms with Crippen molar-refractivity contribution in [1.82, 2.24) is 0 Å². The molecule has 1 atom stereocenters. The fraction of sp³-hybridized carbons (Fsp3) is 0.0909. The highest BCUT2D eigenvalue weighted by molar-refractivity contribution is 6.15. The average molecular weight is 374 g/mol. The number of benzene rings is 2. The first kappa shape index (κ1) is 16.4. The maximum absolute atomic E-state index is 12.8. The molecule has 28 heavy (non-hydrogen) atoms. The van der Waals surface area contributed by atoms with Crippen molar-refractivity contribution in [2.45, 2.75) is 12.3 Å². The van der Waals surface area contributed by atoms with E-state index in [0.29, 0.717) is 28.4 Å². The number of carbonyl (C=O) groups excluding carboxylic acids is 2. The van der Waals surface area contributed by atoms with Crippen LogP contribution in [0.2, 0.25) is 0 Å². The first-order valence-corrected chi connectivity index (χ1v) is 8.74. The zero-order valence-electron chi connectivity index (χ0n) is 14.5. The van der Waals surface area contributed by atoms with E-state index in [1.165, 1.54) is 12.3 Å². The molecule has 1 N–H and O–H groups in total. The lowest BCUT2D eigenvalue weighted by Gasteiger charge is -2.26. The van der Waals surface area contributed by atoms with Crippen LogP contribution >= 0.6 is 0 Å². The third kappa shape index (κ3) is 2.58. The van der Waals surface area contributed by atoms with Crippen molar-refractivity contribution in [3.05, 3.63) is 83.0 Å². The highest BCUT2D eigenvalue weighted by Gasteiger charge is 2.38. The number of aromatic hydroxyl groups is 1. The summed E-state index contributed by atoms with van der Waals surface area (Å²) in [5.41, 5.74) is 1.77. The minimum absolute atomic E-state index is 0.0850. The predicted octanol–water partition coefficient (Wildman–Crippen LogP) is 4.04. The molecule has 5 rings (SSSR count). The lowest BCUT2D eigenvalue weighted by molar-refractivity contribution is -0.135. The van der Waals surface area contributed by atoms with Gasteiger partial charge in [0.25, 0.3) is 0 Å². The van der Waals surface area contributed by atoms with Crippen molar-refractivity contribution in [3.63, 3.8) is 0 Å². The number of carbonyl (C=O) groups is 2. The normalized spacial score (nSPS) is 19.1. The van der Waals surface area contributed by atoms with Crippen LogP contribution in [0.3, 0.4) is 0 Å². The minimum Gasteiger partial charge on any atom is -0.508 e. The maximum atomic E-state index is 12.8. The van der Waals surface area contributed by atoms with E-state index < -0.39 is 5.92 Å². The second-order valence-electron chi connectivity index (χ2n) is 6.64. The first-order valence-electron chi connectivity index (χ1n) is 8.74. The summed E-state index contributed by atoms with van der Waals surface area (Å²) in [7, 11) is 0. The van der Waals surface area contributed by atoms with Gasteiger partial charge in [0, 0.05) is 17.6 Å². The third-order valence-electron chi connectivity index (χ3n) is 4.87. The van der Waals surface area contributed by atoms with Gasteiger partial charge in [-0.15, -0.1) is 0 Å². The van der Waals surface area contributed by atoms with Crippen molar-refractivity contribution in [2.75, 3.05) is 0 Å². The number of hydrogen-bond donors (Lipinski definition) is 1. The van der Waals surface area contributed by atoms with Crippen LogP contribution in [0.25, 0.3) is 6.08 Å². The molecule has 6 heteroatoms. The van der Waals surface area contributed by atoms with Crippen molar-refractivity contribution in [1.29, 1.82) is 0 Å². The molecule has 2 aromatic carbocycles. The zero-order valence-corrected chi connectivity index (χ0v) is 14.5. The lowest BCUT2D eigenvalue weighted by atomic mass is 9.84. The molecule has 138 valence electrons. The van der Waals surface area contributed by atoms with E-state index in [-0.39, 0.29) is 29.7 Å². The number of hydrogen-bond acceptors (Lipinski definition) is 6. The second-order valence-corrected chi connectivity index (χ2v) is 6.64. The van der Waals surface area contributed by atoms with Gasteiger partial charge >= 0.3 is 5.97 Å². The summed E-state index contributed by atoms with van der Waals surface area (Å²) in [5, 5.41) is 9.86. The molecule has 0 fully saturated rings.